The lowest BCUT2D eigenvalue weighted by atomic mass is 10.1. The molecule has 0 aliphatic carbocycles. The number of rotatable bonds is 4. The van der Waals surface area contributed by atoms with Crippen LogP contribution in [0.25, 0.3) is 11.3 Å². The summed E-state index contributed by atoms with van der Waals surface area (Å²) in [5, 5.41) is 0. The maximum Gasteiger partial charge on any atom is 0.250 e. The van der Waals surface area contributed by atoms with Crippen LogP contribution in [0.2, 0.25) is 0 Å². The number of nitrogens with zero attached hydrogens (tertiary/aromatic N) is 1. The summed E-state index contributed by atoms with van der Waals surface area (Å²) in [5.41, 5.74) is 1.74. The summed E-state index contributed by atoms with van der Waals surface area (Å²) in [6.45, 7) is 0.204. The van der Waals surface area contributed by atoms with Gasteiger partial charge in [0.2, 0.25) is 0 Å². The molecule has 2 aromatic rings. The molecular weight excluding hydrogens is 310 g/mol. The maximum absolute atomic E-state index is 11.6. The smallest absolute Gasteiger partial charge is 0.250 e. The Hall–Kier alpha value is -1.59. The van der Waals surface area contributed by atoms with E-state index in [2.05, 4.69) is 15.9 Å². The van der Waals surface area contributed by atoms with Crippen molar-refractivity contribution in [2.75, 3.05) is 13.9 Å². The molecule has 0 saturated carbocycles. The number of benzene rings is 1. The largest absolute Gasteiger partial charge is 0.468 e. The summed E-state index contributed by atoms with van der Waals surface area (Å²) < 4.78 is 12.7. The van der Waals surface area contributed by atoms with Crippen LogP contribution >= 0.6 is 15.9 Å². The Morgan fingerprint density at radius 2 is 2.05 bits per heavy atom. The summed E-state index contributed by atoms with van der Waals surface area (Å²) in [7, 11) is 3.32. The van der Waals surface area contributed by atoms with Crippen molar-refractivity contribution in [1.82, 2.24) is 4.57 Å². The van der Waals surface area contributed by atoms with E-state index in [0.717, 1.165) is 15.7 Å². The average Bonchev–Trinajstić information content (AvgIpc) is 2.40. The van der Waals surface area contributed by atoms with Crippen LogP contribution in [0.5, 0.6) is 5.75 Å². The highest BCUT2D eigenvalue weighted by molar-refractivity contribution is 9.10. The van der Waals surface area contributed by atoms with Gasteiger partial charge >= 0.3 is 0 Å². The van der Waals surface area contributed by atoms with Gasteiger partial charge in [0, 0.05) is 30.3 Å². The summed E-state index contributed by atoms with van der Waals surface area (Å²) in [6.07, 6.45) is 0. The predicted molar refractivity (Wildman–Crippen MR) is 77.3 cm³/mol. The van der Waals surface area contributed by atoms with E-state index >= 15 is 0 Å². The molecule has 0 aliphatic rings. The molecule has 1 heterocycles. The van der Waals surface area contributed by atoms with Crippen LogP contribution in [-0.4, -0.2) is 18.5 Å². The van der Waals surface area contributed by atoms with Crippen molar-refractivity contribution in [3.63, 3.8) is 0 Å². The van der Waals surface area contributed by atoms with Crippen LogP contribution in [0.3, 0.4) is 0 Å². The summed E-state index contributed by atoms with van der Waals surface area (Å²) >= 11 is 3.50. The van der Waals surface area contributed by atoms with Gasteiger partial charge in [0.05, 0.1) is 5.69 Å². The van der Waals surface area contributed by atoms with Crippen LogP contribution in [0.4, 0.5) is 0 Å². The van der Waals surface area contributed by atoms with Crippen molar-refractivity contribution >= 4 is 15.9 Å². The lowest BCUT2D eigenvalue weighted by molar-refractivity contribution is 0.0511. The normalized spacial score (nSPS) is 10.5. The zero-order chi connectivity index (χ0) is 13.8. The first-order chi connectivity index (χ1) is 9.13. The van der Waals surface area contributed by atoms with E-state index in [4.69, 9.17) is 9.47 Å². The second-order valence-electron chi connectivity index (χ2n) is 4.00. The van der Waals surface area contributed by atoms with Crippen LogP contribution in [-0.2, 0) is 11.8 Å². The van der Waals surface area contributed by atoms with E-state index in [0.29, 0.717) is 5.75 Å². The number of hydrogen-bond acceptors (Lipinski definition) is 3. The van der Waals surface area contributed by atoms with Gasteiger partial charge < -0.3 is 14.0 Å². The number of methoxy groups -OCH3 is 1. The molecule has 19 heavy (non-hydrogen) atoms. The SMILES string of the molecule is COCOc1ccc(-c2cccc(=O)n2C)c(Br)c1. The molecule has 0 saturated heterocycles. The molecule has 5 heteroatoms. The Morgan fingerprint density at radius 1 is 1.26 bits per heavy atom. The van der Waals surface area contributed by atoms with Crippen molar-refractivity contribution in [3.05, 3.63) is 51.2 Å². The fraction of sp³-hybridized carbons (Fsp3) is 0.214. The Labute approximate surface area is 119 Å². The first-order valence-corrected chi connectivity index (χ1v) is 6.50. The van der Waals surface area contributed by atoms with E-state index in [1.807, 2.05) is 24.3 Å². The molecule has 0 unspecified atom stereocenters. The third-order valence-corrected chi connectivity index (χ3v) is 3.40. The fourth-order valence-corrected chi connectivity index (χ4v) is 2.32. The fourth-order valence-electron chi connectivity index (χ4n) is 1.75. The first kappa shape index (κ1) is 13.8. The zero-order valence-corrected chi connectivity index (χ0v) is 12.3. The van der Waals surface area contributed by atoms with Gasteiger partial charge in [0.1, 0.15) is 5.75 Å². The molecule has 100 valence electrons. The third-order valence-electron chi connectivity index (χ3n) is 2.74. The second kappa shape index (κ2) is 6.04. The van der Waals surface area contributed by atoms with Gasteiger partial charge in [-0.05, 0) is 40.2 Å². The highest BCUT2D eigenvalue weighted by atomic mass is 79.9. The van der Waals surface area contributed by atoms with Crippen molar-refractivity contribution in [2.45, 2.75) is 0 Å². The van der Waals surface area contributed by atoms with E-state index in [-0.39, 0.29) is 12.4 Å². The number of pyridine rings is 1. The molecule has 0 atom stereocenters. The molecule has 0 aliphatic heterocycles. The molecule has 0 bridgehead atoms. The maximum atomic E-state index is 11.6. The highest BCUT2D eigenvalue weighted by Crippen LogP contribution is 2.30. The Bertz CT molecular complexity index is 637. The van der Waals surface area contributed by atoms with Crippen molar-refractivity contribution < 1.29 is 9.47 Å². The Balaban J connectivity index is 2.41. The van der Waals surface area contributed by atoms with Crippen LogP contribution in [0.15, 0.2) is 45.7 Å². The summed E-state index contributed by atoms with van der Waals surface area (Å²) in [6, 6.07) is 10.8. The lowest BCUT2D eigenvalue weighted by Crippen LogP contribution is -2.16. The van der Waals surface area contributed by atoms with Gasteiger partial charge in [0.25, 0.3) is 5.56 Å². The quantitative estimate of drug-likeness (QED) is 0.812. The van der Waals surface area contributed by atoms with E-state index in [1.54, 1.807) is 24.8 Å². The van der Waals surface area contributed by atoms with Crippen molar-refractivity contribution in [1.29, 1.82) is 0 Å². The lowest BCUT2D eigenvalue weighted by Gasteiger charge is -2.11. The molecule has 0 amide bonds. The summed E-state index contributed by atoms with van der Waals surface area (Å²) in [5.74, 6) is 0.707. The monoisotopic (exact) mass is 323 g/mol. The minimum atomic E-state index is -0.0379. The standard InChI is InChI=1S/C14H14BrNO3/c1-16-13(4-3-5-14(16)17)11-7-6-10(8-12(11)15)19-9-18-2/h3-8H,9H2,1-2H3. The van der Waals surface area contributed by atoms with Gasteiger partial charge in [-0.2, -0.15) is 0 Å². The van der Waals surface area contributed by atoms with E-state index in [1.165, 1.54) is 6.07 Å². The van der Waals surface area contributed by atoms with Gasteiger partial charge in [-0.15, -0.1) is 0 Å². The second-order valence-corrected chi connectivity index (χ2v) is 4.86. The zero-order valence-electron chi connectivity index (χ0n) is 10.7. The molecule has 0 radical (unpaired) electrons. The number of halogens is 1. The molecule has 1 aromatic carbocycles. The minimum absolute atomic E-state index is 0.0379. The number of ether oxygens (including phenoxy) is 2. The van der Waals surface area contributed by atoms with E-state index < -0.39 is 0 Å². The molecule has 0 N–H and O–H groups in total. The van der Waals surface area contributed by atoms with Gasteiger partial charge in [-0.25, -0.2) is 0 Å². The molecular formula is C14H14BrNO3. The molecule has 0 spiro atoms. The Kier molecular flexibility index (Phi) is 4.39. The minimum Gasteiger partial charge on any atom is -0.468 e. The number of hydrogen-bond donors (Lipinski definition) is 0. The molecule has 4 nitrogen and oxygen atoms in total. The van der Waals surface area contributed by atoms with Crippen LogP contribution in [0, 0.1) is 0 Å². The number of aromatic nitrogens is 1. The van der Waals surface area contributed by atoms with Crippen molar-refractivity contribution in [3.8, 4) is 17.0 Å². The average molecular weight is 324 g/mol. The molecule has 0 fully saturated rings. The molecule has 2 rings (SSSR count). The Morgan fingerprint density at radius 3 is 2.74 bits per heavy atom. The summed E-state index contributed by atoms with van der Waals surface area (Å²) in [4.78, 5) is 11.6. The van der Waals surface area contributed by atoms with Crippen molar-refractivity contribution in [2.24, 2.45) is 7.05 Å². The van der Waals surface area contributed by atoms with Gasteiger partial charge in [-0.1, -0.05) is 6.07 Å². The highest BCUT2D eigenvalue weighted by Gasteiger charge is 2.08. The predicted octanol–water partition coefficient (Wildman–Crippen LogP) is 2.80. The first-order valence-electron chi connectivity index (χ1n) is 5.71. The van der Waals surface area contributed by atoms with Gasteiger partial charge in [-0.3, -0.25) is 4.79 Å². The van der Waals surface area contributed by atoms with E-state index in [9.17, 15) is 4.79 Å². The third kappa shape index (κ3) is 3.05. The molecule has 1 aromatic heterocycles. The van der Waals surface area contributed by atoms with Gasteiger partial charge in [0.15, 0.2) is 6.79 Å². The topological polar surface area (TPSA) is 40.5 Å². The van der Waals surface area contributed by atoms with Crippen LogP contribution in [0.1, 0.15) is 0 Å². The van der Waals surface area contributed by atoms with Crippen LogP contribution < -0.4 is 10.3 Å².